The van der Waals surface area contributed by atoms with Crippen LogP contribution in [0.5, 0.6) is 0 Å². The van der Waals surface area contributed by atoms with Gasteiger partial charge in [0.15, 0.2) is 0 Å². The third-order valence-corrected chi connectivity index (χ3v) is 3.91. The van der Waals surface area contributed by atoms with Gasteiger partial charge in [0.1, 0.15) is 0 Å². The second-order valence-corrected chi connectivity index (χ2v) is 5.57. The molecule has 17 heavy (non-hydrogen) atoms. The number of nitrogens with one attached hydrogen (secondary N) is 1. The van der Waals surface area contributed by atoms with Crippen LogP contribution in [0.25, 0.3) is 0 Å². The SMILES string of the molecule is CCC(CNC(C)C)(c1ccccc1)C(C)C. The minimum Gasteiger partial charge on any atom is -0.314 e. The van der Waals surface area contributed by atoms with Crippen molar-refractivity contribution in [3.8, 4) is 0 Å². The fourth-order valence-corrected chi connectivity index (χ4v) is 2.53. The third-order valence-electron chi connectivity index (χ3n) is 3.91. The second-order valence-electron chi connectivity index (χ2n) is 5.57. The van der Waals surface area contributed by atoms with Crippen molar-refractivity contribution in [2.75, 3.05) is 6.54 Å². The lowest BCUT2D eigenvalue weighted by molar-refractivity contribution is 0.273. The average molecular weight is 233 g/mol. The van der Waals surface area contributed by atoms with Gasteiger partial charge in [0.25, 0.3) is 0 Å². The maximum absolute atomic E-state index is 3.62. The molecule has 1 atom stereocenters. The van der Waals surface area contributed by atoms with Crippen LogP contribution in [-0.4, -0.2) is 12.6 Å². The van der Waals surface area contributed by atoms with Gasteiger partial charge in [-0.2, -0.15) is 0 Å². The van der Waals surface area contributed by atoms with Crippen molar-refractivity contribution in [2.45, 2.75) is 52.5 Å². The molecule has 1 aromatic rings. The maximum atomic E-state index is 3.62. The first-order valence-electron chi connectivity index (χ1n) is 6.82. The van der Waals surface area contributed by atoms with Crippen LogP contribution in [0.1, 0.15) is 46.6 Å². The molecule has 0 aliphatic rings. The van der Waals surface area contributed by atoms with Crippen LogP contribution < -0.4 is 5.32 Å². The van der Waals surface area contributed by atoms with Crippen LogP contribution >= 0.6 is 0 Å². The van der Waals surface area contributed by atoms with Gasteiger partial charge >= 0.3 is 0 Å². The van der Waals surface area contributed by atoms with E-state index in [0.717, 1.165) is 6.54 Å². The van der Waals surface area contributed by atoms with E-state index < -0.39 is 0 Å². The smallest absolute Gasteiger partial charge is 0.00981 e. The lowest BCUT2D eigenvalue weighted by atomic mass is 9.69. The van der Waals surface area contributed by atoms with Crippen LogP contribution in [0.15, 0.2) is 30.3 Å². The molecule has 0 fully saturated rings. The summed E-state index contributed by atoms with van der Waals surface area (Å²) in [5, 5.41) is 3.62. The van der Waals surface area contributed by atoms with Gasteiger partial charge in [0.05, 0.1) is 0 Å². The standard InChI is InChI=1S/C16H27N/c1-6-16(13(2)3,12-17-14(4)5)15-10-8-7-9-11-15/h7-11,13-14,17H,6,12H2,1-5H3. The Kier molecular flexibility index (Phi) is 5.20. The summed E-state index contributed by atoms with van der Waals surface area (Å²) in [7, 11) is 0. The first-order valence-corrected chi connectivity index (χ1v) is 6.82. The molecule has 0 spiro atoms. The number of benzene rings is 1. The van der Waals surface area contributed by atoms with E-state index in [-0.39, 0.29) is 5.41 Å². The first kappa shape index (κ1) is 14.2. The zero-order chi connectivity index (χ0) is 12.9. The molecule has 0 heterocycles. The summed E-state index contributed by atoms with van der Waals surface area (Å²) < 4.78 is 0. The van der Waals surface area contributed by atoms with E-state index in [2.05, 4.69) is 70.3 Å². The minimum absolute atomic E-state index is 0.255. The van der Waals surface area contributed by atoms with Gasteiger partial charge in [-0.15, -0.1) is 0 Å². The van der Waals surface area contributed by atoms with E-state index in [1.165, 1.54) is 12.0 Å². The van der Waals surface area contributed by atoms with E-state index in [9.17, 15) is 0 Å². The average Bonchev–Trinajstić information content (AvgIpc) is 2.31. The van der Waals surface area contributed by atoms with Crippen molar-refractivity contribution in [3.63, 3.8) is 0 Å². The molecule has 0 aliphatic heterocycles. The molecule has 0 aromatic heterocycles. The van der Waals surface area contributed by atoms with Gasteiger partial charge in [-0.05, 0) is 17.9 Å². The van der Waals surface area contributed by atoms with Crippen molar-refractivity contribution < 1.29 is 0 Å². The highest BCUT2D eigenvalue weighted by Crippen LogP contribution is 2.35. The zero-order valence-corrected chi connectivity index (χ0v) is 12.0. The van der Waals surface area contributed by atoms with Gasteiger partial charge in [0.2, 0.25) is 0 Å². The predicted molar refractivity (Wildman–Crippen MR) is 76.4 cm³/mol. The largest absolute Gasteiger partial charge is 0.314 e. The van der Waals surface area contributed by atoms with Crippen LogP contribution in [-0.2, 0) is 5.41 Å². The summed E-state index contributed by atoms with van der Waals surface area (Å²) in [5.74, 6) is 0.640. The van der Waals surface area contributed by atoms with Crippen LogP contribution in [0.2, 0.25) is 0 Å². The highest BCUT2D eigenvalue weighted by Gasteiger charge is 2.33. The molecule has 96 valence electrons. The van der Waals surface area contributed by atoms with Crippen LogP contribution in [0.4, 0.5) is 0 Å². The van der Waals surface area contributed by atoms with E-state index in [0.29, 0.717) is 12.0 Å². The molecule has 1 heteroatoms. The summed E-state index contributed by atoms with van der Waals surface area (Å²) >= 11 is 0. The Bertz CT molecular complexity index is 316. The quantitative estimate of drug-likeness (QED) is 0.783. The highest BCUT2D eigenvalue weighted by atomic mass is 14.9. The molecule has 0 amide bonds. The summed E-state index contributed by atoms with van der Waals surface area (Å²) in [6.07, 6.45) is 1.18. The first-order chi connectivity index (χ1) is 8.03. The summed E-state index contributed by atoms with van der Waals surface area (Å²) in [5.41, 5.74) is 1.72. The van der Waals surface area contributed by atoms with Gasteiger partial charge in [-0.25, -0.2) is 0 Å². The molecule has 0 bridgehead atoms. The second kappa shape index (κ2) is 6.20. The summed E-state index contributed by atoms with van der Waals surface area (Å²) in [6, 6.07) is 11.5. The van der Waals surface area contributed by atoms with Crippen molar-refractivity contribution in [1.29, 1.82) is 0 Å². The van der Waals surface area contributed by atoms with Gasteiger partial charge in [-0.1, -0.05) is 65.0 Å². The number of rotatable bonds is 6. The molecular formula is C16H27N. The zero-order valence-electron chi connectivity index (χ0n) is 12.0. The molecule has 1 N–H and O–H groups in total. The molecule has 1 aromatic carbocycles. The maximum Gasteiger partial charge on any atom is 0.00981 e. The molecule has 0 radical (unpaired) electrons. The van der Waals surface area contributed by atoms with Gasteiger partial charge < -0.3 is 5.32 Å². The molecule has 0 aliphatic carbocycles. The molecule has 1 nitrogen and oxygen atoms in total. The fourth-order valence-electron chi connectivity index (χ4n) is 2.53. The molecule has 1 rings (SSSR count). The van der Waals surface area contributed by atoms with Gasteiger partial charge in [0, 0.05) is 18.0 Å². The normalized spacial score (nSPS) is 15.2. The topological polar surface area (TPSA) is 12.0 Å². The molecular weight excluding hydrogens is 206 g/mol. The lowest BCUT2D eigenvalue weighted by Crippen LogP contribution is -2.44. The Morgan fingerprint density at radius 1 is 1.06 bits per heavy atom. The lowest BCUT2D eigenvalue weighted by Gasteiger charge is -2.38. The summed E-state index contributed by atoms with van der Waals surface area (Å²) in [6.45, 7) is 12.5. The van der Waals surface area contributed by atoms with E-state index >= 15 is 0 Å². The van der Waals surface area contributed by atoms with E-state index in [4.69, 9.17) is 0 Å². The Morgan fingerprint density at radius 2 is 1.65 bits per heavy atom. The van der Waals surface area contributed by atoms with Crippen LogP contribution in [0, 0.1) is 5.92 Å². The third kappa shape index (κ3) is 3.32. The van der Waals surface area contributed by atoms with Crippen molar-refractivity contribution in [2.24, 2.45) is 5.92 Å². The molecule has 0 saturated carbocycles. The monoisotopic (exact) mass is 233 g/mol. The molecule has 1 unspecified atom stereocenters. The van der Waals surface area contributed by atoms with E-state index in [1.54, 1.807) is 0 Å². The van der Waals surface area contributed by atoms with Crippen molar-refractivity contribution in [3.05, 3.63) is 35.9 Å². The van der Waals surface area contributed by atoms with Gasteiger partial charge in [-0.3, -0.25) is 0 Å². The van der Waals surface area contributed by atoms with Crippen LogP contribution in [0.3, 0.4) is 0 Å². The Hall–Kier alpha value is -0.820. The van der Waals surface area contributed by atoms with E-state index in [1.807, 2.05) is 0 Å². The highest BCUT2D eigenvalue weighted by molar-refractivity contribution is 5.26. The summed E-state index contributed by atoms with van der Waals surface area (Å²) in [4.78, 5) is 0. The molecule has 0 saturated heterocycles. The Balaban J connectivity index is 3.00. The number of hydrogen-bond donors (Lipinski definition) is 1. The van der Waals surface area contributed by atoms with Crippen molar-refractivity contribution >= 4 is 0 Å². The Morgan fingerprint density at radius 3 is 2.06 bits per heavy atom. The van der Waals surface area contributed by atoms with Crippen molar-refractivity contribution in [1.82, 2.24) is 5.32 Å². The predicted octanol–water partition coefficient (Wildman–Crippen LogP) is 3.99. The minimum atomic E-state index is 0.255. The number of hydrogen-bond acceptors (Lipinski definition) is 1. The fraction of sp³-hybridized carbons (Fsp3) is 0.625. The Labute approximate surface area is 107 Å².